The van der Waals surface area contributed by atoms with E-state index in [0.717, 1.165) is 50.9 Å². The molecule has 0 amide bonds. The molecule has 0 unspecified atom stereocenters. The van der Waals surface area contributed by atoms with Gasteiger partial charge in [0.05, 0.1) is 5.69 Å². The fourth-order valence-electron chi connectivity index (χ4n) is 3.12. The topological polar surface area (TPSA) is 35.5 Å². The van der Waals surface area contributed by atoms with Crippen molar-refractivity contribution < 1.29 is 4.39 Å². The third kappa shape index (κ3) is 3.42. The molecule has 2 heterocycles. The molecule has 0 aliphatic carbocycles. The van der Waals surface area contributed by atoms with Crippen molar-refractivity contribution in [2.24, 2.45) is 0 Å². The van der Waals surface area contributed by atoms with Gasteiger partial charge >= 0.3 is 0 Å². The van der Waals surface area contributed by atoms with Gasteiger partial charge in [0.1, 0.15) is 23.8 Å². The molecule has 0 radical (unpaired) electrons. The minimum absolute atomic E-state index is 0.156. The van der Waals surface area contributed by atoms with E-state index in [9.17, 15) is 4.39 Å². The molecular weight excluding hydrogens is 305 g/mol. The van der Waals surface area contributed by atoms with Crippen molar-refractivity contribution >= 4 is 17.3 Å². The van der Waals surface area contributed by atoms with Crippen LogP contribution < -0.4 is 14.7 Å². The quantitative estimate of drug-likeness (QED) is 0.843. The lowest BCUT2D eigenvalue weighted by Crippen LogP contribution is -2.47. The first-order chi connectivity index (χ1) is 11.7. The van der Waals surface area contributed by atoms with Gasteiger partial charge in [0, 0.05) is 45.3 Å². The molecule has 0 atom stereocenters. The predicted molar refractivity (Wildman–Crippen MR) is 96.4 cm³/mol. The van der Waals surface area contributed by atoms with Crippen LogP contribution >= 0.6 is 0 Å². The highest BCUT2D eigenvalue weighted by Gasteiger charge is 2.20. The Morgan fingerprint density at radius 1 is 1.00 bits per heavy atom. The molecule has 2 aromatic rings. The van der Waals surface area contributed by atoms with Gasteiger partial charge in [0.25, 0.3) is 0 Å². The first kappa shape index (κ1) is 16.5. The fraction of sp³-hybridized carbons (Fsp3) is 0.444. The van der Waals surface area contributed by atoms with Gasteiger partial charge in [0.2, 0.25) is 0 Å². The molecule has 0 spiro atoms. The second-order valence-corrected chi connectivity index (χ2v) is 5.83. The van der Waals surface area contributed by atoms with Crippen LogP contribution in [0.3, 0.4) is 0 Å². The van der Waals surface area contributed by atoms with E-state index in [1.165, 1.54) is 6.07 Å². The van der Waals surface area contributed by atoms with Crippen molar-refractivity contribution in [2.45, 2.75) is 13.8 Å². The number of halogens is 1. The molecule has 0 saturated carbocycles. The Kier molecular flexibility index (Phi) is 5.13. The van der Waals surface area contributed by atoms with E-state index >= 15 is 0 Å². The number of hydrogen-bond acceptors (Lipinski definition) is 5. The second-order valence-electron chi connectivity index (χ2n) is 5.83. The number of anilines is 3. The lowest BCUT2D eigenvalue weighted by atomic mass is 10.2. The van der Waals surface area contributed by atoms with Gasteiger partial charge in [-0.2, -0.15) is 0 Å². The Morgan fingerprint density at radius 3 is 2.33 bits per heavy atom. The van der Waals surface area contributed by atoms with E-state index in [0.29, 0.717) is 5.69 Å². The zero-order valence-electron chi connectivity index (χ0n) is 14.3. The number of nitrogens with zero attached hydrogens (tertiary/aromatic N) is 5. The maximum Gasteiger partial charge on any atom is 0.146 e. The lowest BCUT2D eigenvalue weighted by molar-refractivity contribution is 0.596. The van der Waals surface area contributed by atoms with Crippen molar-refractivity contribution in [1.29, 1.82) is 0 Å². The van der Waals surface area contributed by atoms with Crippen LogP contribution in [0.4, 0.5) is 21.7 Å². The van der Waals surface area contributed by atoms with Gasteiger partial charge in [-0.3, -0.25) is 0 Å². The van der Waals surface area contributed by atoms with Crippen LogP contribution in [0.5, 0.6) is 0 Å². The Hall–Kier alpha value is -2.37. The summed E-state index contributed by atoms with van der Waals surface area (Å²) < 4.78 is 13.9. The normalized spacial score (nSPS) is 14.8. The minimum atomic E-state index is -0.156. The van der Waals surface area contributed by atoms with Gasteiger partial charge in [-0.1, -0.05) is 12.1 Å². The Bertz CT molecular complexity index is 666. The molecule has 3 rings (SSSR count). The van der Waals surface area contributed by atoms with Crippen LogP contribution in [0.1, 0.15) is 13.8 Å². The molecule has 6 heteroatoms. The first-order valence-corrected chi connectivity index (χ1v) is 8.54. The summed E-state index contributed by atoms with van der Waals surface area (Å²) >= 11 is 0. The van der Waals surface area contributed by atoms with Crippen molar-refractivity contribution in [3.05, 3.63) is 42.5 Å². The number of hydrogen-bond donors (Lipinski definition) is 0. The molecule has 128 valence electrons. The van der Waals surface area contributed by atoms with Gasteiger partial charge in [-0.15, -0.1) is 0 Å². The zero-order chi connectivity index (χ0) is 16.9. The first-order valence-electron chi connectivity index (χ1n) is 8.54. The minimum Gasteiger partial charge on any atom is -0.366 e. The SMILES string of the molecule is CCN(CC)c1cc(N2CCN(c3ccccc3F)CC2)ncn1. The van der Waals surface area contributed by atoms with Crippen LogP contribution in [0, 0.1) is 5.82 Å². The van der Waals surface area contributed by atoms with E-state index in [4.69, 9.17) is 0 Å². The van der Waals surface area contributed by atoms with Gasteiger partial charge < -0.3 is 14.7 Å². The third-order valence-electron chi connectivity index (χ3n) is 4.52. The van der Waals surface area contributed by atoms with E-state index in [1.807, 2.05) is 18.2 Å². The molecule has 1 saturated heterocycles. The van der Waals surface area contributed by atoms with Crippen LogP contribution in [0.15, 0.2) is 36.7 Å². The number of para-hydroxylation sites is 1. The Balaban J connectivity index is 1.69. The molecule has 24 heavy (non-hydrogen) atoms. The molecule has 5 nitrogen and oxygen atoms in total. The lowest BCUT2D eigenvalue weighted by Gasteiger charge is -2.37. The van der Waals surface area contributed by atoms with Crippen LogP contribution in [0.25, 0.3) is 0 Å². The molecular formula is C18H24FN5. The van der Waals surface area contributed by atoms with E-state index in [2.05, 4.69) is 38.5 Å². The maximum absolute atomic E-state index is 13.9. The summed E-state index contributed by atoms with van der Waals surface area (Å²) in [6.45, 7) is 9.31. The summed E-state index contributed by atoms with van der Waals surface area (Å²) in [6, 6.07) is 9.01. The summed E-state index contributed by atoms with van der Waals surface area (Å²) in [6.07, 6.45) is 1.63. The predicted octanol–water partition coefficient (Wildman–Crippen LogP) is 2.79. The number of piperazine rings is 1. The Labute approximate surface area is 142 Å². The average molecular weight is 329 g/mol. The van der Waals surface area contributed by atoms with Crippen molar-refractivity contribution in [1.82, 2.24) is 9.97 Å². The van der Waals surface area contributed by atoms with Gasteiger partial charge in [0.15, 0.2) is 0 Å². The average Bonchev–Trinajstić information content (AvgIpc) is 2.64. The van der Waals surface area contributed by atoms with Gasteiger partial charge in [-0.05, 0) is 26.0 Å². The number of rotatable bonds is 5. The number of aromatic nitrogens is 2. The van der Waals surface area contributed by atoms with Gasteiger partial charge in [-0.25, -0.2) is 14.4 Å². The fourth-order valence-corrected chi connectivity index (χ4v) is 3.12. The molecule has 0 N–H and O–H groups in total. The van der Waals surface area contributed by atoms with Crippen LogP contribution in [0.2, 0.25) is 0 Å². The highest BCUT2D eigenvalue weighted by atomic mass is 19.1. The van der Waals surface area contributed by atoms with E-state index in [1.54, 1.807) is 12.4 Å². The molecule has 1 aromatic carbocycles. The van der Waals surface area contributed by atoms with E-state index < -0.39 is 0 Å². The van der Waals surface area contributed by atoms with E-state index in [-0.39, 0.29) is 5.82 Å². The summed E-state index contributed by atoms with van der Waals surface area (Å²) in [5, 5.41) is 0. The highest BCUT2D eigenvalue weighted by molar-refractivity contribution is 5.53. The largest absolute Gasteiger partial charge is 0.366 e. The van der Waals surface area contributed by atoms with Crippen LogP contribution in [-0.2, 0) is 0 Å². The highest BCUT2D eigenvalue weighted by Crippen LogP contribution is 2.23. The molecule has 1 aliphatic heterocycles. The molecule has 1 aromatic heterocycles. The summed E-state index contributed by atoms with van der Waals surface area (Å²) in [7, 11) is 0. The summed E-state index contributed by atoms with van der Waals surface area (Å²) in [5.41, 5.74) is 0.684. The Morgan fingerprint density at radius 2 is 1.67 bits per heavy atom. The standard InChI is InChI=1S/C18H24FN5/c1-3-22(4-2)17-13-18(21-14-20-17)24-11-9-23(10-12-24)16-8-6-5-7-15(16)19/h5-8,13-14H,3-4,9-12H2,1-2H3. The summed E-state index contributed by atoms with van der Waals surface area (Å²) in [4.78, 5) is 15.4. The van der Waals surface area contributed by atoms with Crippen LogP contribution in [-0.4, -0.2) is 49.2 Å². The second kappa shape index (κ2) is 7.47. The molecule has 1 fully saturated rings. The van der Waals surface area contributed by atoms with Crippen molar-refractivity contribution in [2.75, 3.05) is 54.0 Å². The maximum atomic E-state index is 13.9. The van der Waals surface area contributed by atoms with Crippen molar-refractivity contribution in [3.8, 4) is 0 Å². The summed E-state index contributed by atoms with van der Waals surface area (Å²) in [5.74, 6) is 1.75. The molecule has 0 bridgehead atoms. The zero-order valence-corrected chi connectivity index (χ0v) is 14.3. The third-order valence-corrected chi connectivity index (χ3v) is 4.52. The molecule has 1 aliphatic rings. The monoisotopic (exact) mass is 329 g/mol. The smallest absolute Gasteiger partial charge is 0.146 e. The number of benzene rings is 1. The van der Waals surface area contributed by atoms with Crippen molar-refractivity contribution in [3.63, 3.8) is 0 Å².